The molecule has 0 aromatic heterocycles. The van der Waals surface area contributed by atoms with Crippen molar-refractivity contribution >= 4 is 12.1 Å². The first kappa shape index (κ1) is 15.5. The predicted octanol–water partition coefficient (Wildman–Crippen LogP) is 0.791. The maximum absolute atomic E-state index is 10.8. The minimum Gasteiger partial charge on any atom is -0.392 e. The van der Waals surface area contributed by atoms with Gasteiger partial charge in [-0.05, 0) is 6.42 Å². The van der Waals surface area contributed by atoms with Crippen LogP contribution in [0.4, 0.5) is 0 Å². The van der Waals surface area contributed by atoms with Gasteiger partial charge in [-0.1, -0.05) is 13.8 Å². The van der Waals surface area contributed by atoms with Crippen LogP contribution in [0, 0.1) is 10.8 Å². The van der Waals surface area contributed by atoms with E-state index in [1.54, 1.807) is 20.3 Å². The zero-order valence-electron chi connectivity index (χ0n) is 11.4. The van der Waals surface area contributed by atoms with Crippen molar-refractivity contribution in [2.24, 2.45) is 5.41 Å². The third-order valence-electron chi connectivity index (χ3n) is 2.61. The second-order valence-corrected chi connectivity index (χ2v) is 4.72. The van der Waals surface area contributed by atoms with Crippen LogP contribution in [-0.4, -0.2) is 44.7 Å². The maximum atomic E-state index is 10.8. The highest BCUT2D eigenvalue weighted by atomic mass is 16.1. The van der Waals surface area contributed by atoms with Gasteiger partial charge in [0.2, 0.25) is 0 Å². The number of aldehydes is 1. The van der Waals surface area contributed by atoms with Crippen molar-refractivity contribution < 1.29 is 4.79 Å². The smallest absolute Gasteiger partial charge is 0.145 e. The molecule has 0 heterocycles. The van der Waals surface area contributed by atoms with Crippen molar-refractivity contribution in [2.75, 3.05) is 27.7 Å². The molecule has 0 fully saturated rings. The molecule has 0 spiro atoms. The topological polar surface area (TPSA) is 68.2 Å². The van der Waals surface area contributed by atoms with Gasteiger partial charge in [0.1, 0.15) is 12.1 Å². The van der Waals surface area contributed by atoms with Gasteiger partial charge in [0.15, 0.2) is 0 Å². The van der Waals surface area contributed by atoms with Crippen LogP contribution in [0.5, 0.6) is 0 Å². The summed E-state index contributed by atoms with van der Waals surface area (Å²) in [7, 11) is 5.42. The fourth-order valence-electron chi connectivity index (χ4n) is 1.24. The highest BCUT2D eigenvalue weighted by Crippen LogP contribution is 2.16. The molecule has 0 rings (SSSR count). The molecule has 17 heavy (non-hydrogen) atoms. The molecule has 0 aliphatic heterocycles. The van der Waals surface area contributed by atoms with E-state index >= 15 is 0 Å². The van der Waals surface area contributed by atoms with E-state index in [0.717, 1.165) is 18.4 Å². The Labute approximate surface area is 104 Å². The van der Waals surface area contributed by atoms with Crippen LogP contribution in [0.15, 0.2) is 11.9 Å². The van der Waals surface area contributed by atoms with Crippen LogP contribution in [0.2, 0.25) is 0 Å². The normalized spacial score (nSPS) is 11.9. The lowest BCUT2D eigenvalue weighted by molar-refractivity contribution is -0.115. The minimum absolute atomic E-state index is 0.332. The van der Waals surface area contributed by atoms with Gasteiger partial charge in [-0.15, -0.1) is 0 Å². The molecule has 0 saturated heterocycles. The first-order chi connectivity index (χ1) is 7.87. The fraction of sp³-hybridized carbons (Fsp3) is 0.667. The summed E-state index contributed by atoms with van der Waals surface area (Å²) in [6, 6.07) is 0. The lowest BCUT2D eigenvalue weighted by Crippen LogP contribution is -2.35. The Morgan fingerprint density at radius 1 is 1.41 bits per heavy atom. The molecule has 5 heteroatoms. The van der Waals surface area contributed by atoms with Crippen molar-refractivity contribution in [2.45, 2.75) is 20.3 Å². The summed E-state index contributed by atoms with van der Waals surface area (Å²) in [4.78, 5) is 12.6. The molecule has 0 amide bonds. The molecule has 0 aromatic carbocycles. The van der Waals surface area contributed by atoms with Gasteiger partial charge in [0.05, 0.1) is 5.70 Å². The van der Waals surface area contributed by atoms with E-state index in [1.807, 2.05) is 25.8 Å². The summed E-state index contributed by atoms with van der Waals surface area (Å²) < 4.78 is 0. The molecule has 0 aromatic rings. The standard InChI is InChI=1S/C12H24N4O/c1-12(2,9-17)6-7-16(5)11(13)10(15-4)8-14-3/h8-9,13-15H,6-7H2,1-5H3/b10-8+,13-11?. The molecule has 0 radical (unpaired) electrons. The molecular formula is C12H24N4O. The summed E-state index contributed by atoms with van der Waals surface area (Å²) in [6.07, 6.45) is 3.43. The molecule has 98 valence electrons. The highest BCUT2D eigenvalue weighted by molar-refractivity contribution is 5.94. The average Bonchev–Trinajstić information content (AvgIpc) is 2.32. The van der Waals surface area contributed by atoms with Crippen molar-refractivity contribution in [3.8, 4) is 0 Å². The van der Waals surface area contributed by atoms with Crippen LogP contribution in [0.1, 0.15) is 20.3 Å². The number of nitrogens with one attached hydrogen (secondary N) is 3. The molecule has 0 bridgehead atoms. The number of nitrogens with zero attached hydrogens (tertiary/aromatic N) is 1. The molecule has 0 aliphatic carbocycles. The van der Waals surface area contributed by atoms with Gasteiger partial charge in [0, 0.05) is 39.3 Å². The minimum atomic E-state index is -0.332. The monoisotopic (exact) mass is 240 g/mol. The number of rotatable bonds is 7. The van der Waals surface area contributed by atoms with Crippen LogP contribution in [0.3, 0.4) is 0 Å². The third-order valence-corrected chi connectivity index (χ3v) is 2.61. The van der Waals surface area contributed by atoms with E-state index in [-0.39, 0.29) is 5.41 Å². The number of hydrogen-bond donors (Lipinski definition) is 3. The predicted molar refractivity (Wildman–Crippen MR) is 71.0 cm³/mol. The quantitative estimate of drug-likeness (QED) is 0.350. The molecular weight excluding hydrogens is 216 g/mol. The Kier molecular flexibility index (Phi) is 6.31. The summed E-state index contributed by atoms with van der Waals surface area (Å²) in [5, 5.41) is 13.8. The summed E-state index contributed by atoms with van der Waals surface area (Å²) in [5.74, 6) is 0.406. The fourth-order valence-corrected chi connectivity index (χ4v) is 1.24. The second-order valence-electron chi connectivity index (χ2n) is 4.72. The Hall–Kier alpha value is -1.52. The number of hydrogen-bond acceptors (Lipinski definition) is 4. The highest BCUT2D eigenvalue weighted by Gasteiger charge is 2.18. The van der Waals surface area contributed by atoms with Gasteiger partial charge in [0.25, 0.3) is 0 Å². The van der Waals surface area contributed by atoms with Gasteiger partial charge in [-0.2, -0.15) is 0 Å². The van der Waals surface area contributed by atoms with E-state index in [1.165, 1.54) is 0 Å². The number of likely N-dealkylation sites (N-methyl/N-ethyl adjacent to an activating group) is 2. The zero-order valence-corrected chi connectivity index (χ0v) is 11.4. The maximum Gasteiger partial charge on any atom is 0.145 e. The molecule has 0 atom stereocenters. The second kappa shape index (κ2) is 6.93. The molecule has 5 nitrogen and oxygen atoms in total. The van der Waals surface area contributed by atoms with Gasteiger partial charge in [-0.25, -0.2) is 0 Å². The Balaban J connectivity index is 4.41. The lowest BCUT2D eigenvalue weighted by atomic mass is 9.91. The van der Waals surface area contributed by atoms with Crippen molar-refractivity contribution in [3.63, 3.8) is 0 Å². The van der Waals surface area contributed by atoms with Gasteiger partial charge in [-0.3, -0.25) is 5.41 Å². The average molecular weight is 240 g/mol. The first-order valence-electron chi connectivity index (χ1n) is 5.69. The van der Waals surface area contributed by atoms with E-state index in [2.05, 4.69) is 10.6 Å². The Morgan fingerprint density at radius 3 is 2.41 bits per heavy atom. The Bertz CT molecular complexity index is 297. The van der Waals surface area contributed by atoms with Crippen LogP contribution in [-0.2, 0) is 4.79 Å². The number of carbonyl (C=O) groups excluding carboxylic acids is 1. The molecule has 0 unspecified atom stereocenters. The zero-order chi connectivity index (χ0) is 13.5. The van der Waals surface area contributed by atoms with Crippen molar-refractivity contribution in [1.82, 2.24) is 15.5 Å². The summed E-state index contributed by atoms with van der Waals surface area (Å²) >= 11 is 0. The van der Waals surface area contributed by atoms with Gasteiger partial charge >= 0.3 is 0 Å². The number of amidine groups is 1. The Morgan fingerprint density at radius 2 is 2.00 bits per heavy atom. The molecule has 3 N–H and O–H groups in total. The third kappa shape index (κ3) is 5.38. The lowest BCUT2D eigenvalue weighted by Gasteiger charge is -2.25. The van der Waals surface area contributed by atoms with E-state index in [4.69, 9.17) is 5.41 Å². The number of carbonyl (C=O) groups is 1. The molecule has 0 aliphatic rings. The van der Waals surface area contributed by atoms with Crippen LogP contribution in [0.25, 0.3) is 0 Å². The first-order valence-corrected chi connectivity index (χ1v) is 5.69. The van der Waals surface area contributed by atoms with E-state index in [9.17, 15) is 4.79 Å². The van der Waals surface area contributed by atoms with E-state index in [0.29, 0.717) is 12.4 Å². The van der Waals surface area contributed by atoms with Crippen LogP contribution < -0.4 is 10.6 Å². The molecule has 0 saturated carbocycles. The van der Waals surface area contributed by atoms with E-state index < -0.39 is 0 Å². The SMILES string of the molecule is CN/C=C(/NC)C(=N)N(C)CCC(C)(C)C=O. The van der Waals surface area contributed by atoms with Crippen LogP contribution >= 0.6 is 0 Å². The summed E-state index contributed by atoms with van der Waals surface area (Å²) in [5.41, 5.74) is 0.389. The summed E-state index contributed by atoms with van der Waals surface area (Å²) in [6.45, 7) is 4.48. The largest absolute Gasteiger partial charge is 0.392 e. The van der Waals surface area contributed by atoms with Gasteiger partial charge < -0.3 is 20.3 Å². The van der Waals surface area contributed by atoms with Crippen molar-refractivity contribution in [1.29, 1.82) is 5.41 Å². The van der Waals surface area contributed by atoms with Crippen molar-refractivity contribution in [3.05, 3.63) is 11.9 Å².